The van der Waals surface area contributed by atoms with E-state index in [1.54, 1.807) is 17.0 Å². The standard InChI is InChI=1S/C32H33F2N3O4/c1-2-22-7-6-10-27(19-22)36-31(41)37(28-17-15-25(16-18-28)24-8-4-3-5-9-24)20-23-11-13-26(14-12-23)29(38)35-21-32(33,34)30(39)40/h6-8,10-19H,2-5,9,20-21H2,1H3,(H,35,38)(H,36,41)(H,39,40). The van der Waals surface area contributed by atoms with E-state index in [4.69, 9.17) is 5.11 Å². The van der Waals surface area contributed by atoms with E-state index < -0.39 is 24.3 Å². The van der Waals surface area contributed by atoms with Crippen LogP contribution < -0.4 is 15.5 Å². The summed E-state index contributed by atoms with van der Waals surface area (Å²) in [5.74, 6) is -7.20. The predicted molar refractivity (Wildman–Crippen MR) is 155 cm³/mol. The molecule has 0 atom stereocenters. The second-order valence-corrected chi connectivity index (χ2v) is 9.98. The van der Waals surface area contributed by atoms with Crippen LogP contribution in [0, 0.1) is 0 Å². The zero-order valence-electron chi connectivity index (χ0n) is 22.8. The number of carboxylic acid groups (broad SMARTS) is 1. The normalized spacial score (nSPS) is 13.2. The topological polar surface area (TPSA) is 98.7 Å². The first-order chi connectivity index (χ1) is 19.7. The molecule has 4 rings (SSSR count). The van der Waals surface area contributed by atoms with E-state index in [1.165, 1.54) is 24.1 Å². The zero-order valence-corrected chi connectivity index (χ0v) is 22.8. The molecule has 3 aromatic rings. The van der Waals surface area contributed by atoms with Gasteiger partial charge in [-0.25, -0.2) is 9.59 Å². The number of carbonyl (C=O) groups excluding carboxylic acids is 2. The fourth-order valence-corrected chi connectivity index (χ4v) is 4.61. The molecule has 3 amide bonds. The Hall–Kier alpha value is -4.53. The fourth-order valence-electron chi connectivity index (χ4n) is 4.61. The van der Waals surface area contributed by atoms with E-state index in [2.05, 4.69) is 11.4 Å². The van der Waals surface area contributed by atoms with Gasteiger partial charge in [-0.1, -0.05) is 49.4 Å². The molecular weight excluding hydrogens is 528 g/mol. The summed E-state index contributed by atoms with van der Waals surface area (Å²) in [5, 5.41) is 13.5. The maximum absolute atomic E-state index is 13.5. The average Bonchev–Trinajstić information content (AvgIpc) is 2.99. The van der Waals surface area contributed by atoms with Crippen LogP contribution in [0.2, 0.25) is 0 Å². The van der Waals surface area contributed by atoms with Crippen LogP contribution in [0.15, 0.2) is 78.9 Å². The highest BCUT2D eigenvalue weighted by Crippen LogP contribution is 2.29. The summed E-state index contributed by atoms with van der Waals surface area (Å²) in [7, 11) is 0. The number of amides is 3. The maximum Gasteiger partial charge on any atom is 0.376 e. The van der Waals surface area contributed by atoms with Gasteiger partial charge in [0.05, 0.1) is 13.1 Å². The van der Waals surface area contributed by atoms with Crippen molar-refractivity contribution in [2.24, 2.45) is 0 Å². The number of aliphatic carboxylic acids is 1. The van der Waals surface area contributed by atoms with Crippen molar-refractivity contribution in [1.29, 1.82) is 0 Å². The largest absolute Gasteiger partial charge is 0.477 e. The molecule has 0 unspecified atom stereocenters. The number of carboxylic acids is 1. The van der Waals surface area contributed by atoms with Gasteiger partial charge in [0.15, 0.2) is 0 Å². The van der Waals surface area contributed by atoms with Crippen molar-refractivity contribution in [1.82, 2.24) is 5.32 Å². The van der Waals surface area contributed by atoms with Gasteiger partial charge in [-0.15, -0.1) is 0 Å². The second kappa shape index (κ2) is 13.2. The van der Waals surface area contributed by atoms with E-state index in [0.717, 1.165) is 36.8 Å². The van der Waals surface area contributed by atoms with Crippen molar-refractivity contribution in [3.05, 3.63) is 101 Å². The molecule has 0 aromatic heterocycles. The first-order valence-electron chi connectivity index (χ1n) is 13.6. The minimum Gasteiger partial charge on any atom is -0.477 e. The number of aryl methyl sites for hydroxylation is 1. The van der Waals surface area contributed by atoms with E-state index in [1.807, 2.05) is 60.8 Å². The summed E-state index contributed by atoms with van der Waals surface area (Å²) < 4.78 is 26.7. The predicted octanol–water partition coefficient (Wildman–Crippen LogP) is 6.89. The first-order valence-corrected chi connectivity index (χ1v) is 13.6. The fraction of sp³-hybridized carbons (Fsp3) is 0.281. The summed E-state index contributed by atoms with van der Waals surface area (Å²) in [6.45, 7) is 0.904. The molecule has 0 bridgehead atoms. The monoisotopic (exact) mass is 561 g/mol. The Balaban J connectivity index is 1.53. The van der Waals surface area contributed by atoms with Gasteiger partial charge in [-0.3, -0.25) is 9.69 Å². The Morgan fingerprint density at radius 3 is 2.32 bits per heavy atom. The van der Waals surface area contributed by atoms with Crippen LogP contribution in [-0.4, -0.2) is 35.5 Å². The Kier molecular flexibility index (Phi) is 9.49. The lowest BCUT2D eigenvalue weighted by molar-refractivity contribution is -0.163. The van der Waals surface area contributed by atoms with Gasteiger partial charge in [-0.05, 0) is 90.8 Å². The van der Waals surface area contributed by atoms with Crippen molar-refractivity contribution in [3.63, 3.8) is 0 Å². The number of carbonyl (C=O) groups is 3. The number of hydrogen-bond donors (Lipinski definition) is 3. The molecular formula is C32H33F2N3O4. The minimum atomic E-state index is -4.07. The number of rotatable bonds is 10. The Labute approximate surface area is 237 Å². The van der Waals surface area contributed by atoms with Crippen LogP contribution in [0.5, 0.6) is 0 Å². The number of anilines is 2. The highest BCUT2D eigenvalue weighted by molar-refractivity contribution is 6.02. The highest BCUT2D eigenvalue weighted by atomic mass is 19.3. The van der Waals surface area contributed by atoms with Gasteiger partial charge in [0.2, 0.25) is 0 Å². The number of nitrogens with one attached hydrogen (secondary N) is 2. The summed E-state index contributed by atoms with van der Waals surface area (Å²) in [6, 6.07) is 21.3. The van der Waals surface area contributed by atoms with Gasteiger partial charge in [0, 0.05) is 16.9 Å². The lowest BCUT2D eigenvalue weighted by Gasteiger charge is -2.24. The third-order valence-corrected chi connectivity index (χ3v) is 7.01. The van der Waals surface area contributed by atoms with Gasteiger partial charge < -0.3 is 15.7 Å². The van der Waals surface area contributed by atoms with Crippen LogP contribution in [-0.2, 0) is 17.8 Å². The van der Waals surface area contributed by atoms with Crippen molar-refractivity contribution in [3.8, 4) is 0 Å². The molecule has 0 saturated carbocycles. The third kappa shape index (κ3) is 7.78. The number of urea groups is 1. The smallest absolute Gasteiger partial charge is 0.376 e. The van der Waals surface area contributed by atoms with E-state index in [9.17, 15) is 23.2 Å². The van der Waals surface area contributed by atoms with Crippen molar-refractivity contribution < 1.29 is 28.3 Å². The molecule has 7 nitrogen and oxygen atoms in total. The van der Waals surface area contributed by atoms with Crippen molar-refractivity contribution in [2.75, 3.05) is 16.8 Å². The van der Waals surface area contributed by atoms with Crippen LogP contribution in [0.3, 0.4) is 0 Å². The zero-order chi connectivity index (χ0) is 29.4. The molecule has 1 aliphatic carbocycles. The lowest BCUT2D eigenvalue weighted by atomic mass is 9.93. The number of allylic oxidation sites excluding steroid dienone is 2. The van der Waals surface area contributed by atoms with Crippen molar-refractivity contribution >= 4 is 34.9 Å². The molecule has 0 aliphatic heterocycles. The van der Waals surface area contributed by atoms with E-state index >= 15 is 0 Å². The lowest BCUT2D eigenvalue weighted by Crippen LogP contribution is -2.42. The van der Waals surface area contributed by atoms with E-state index in [0.29, 0.717) is 16.9 Å². The third-order valence-electron chi connectivity index (χ3n) is 7.01. The van der Waals surface area contributed by atoms with Crippen LogP contribution in [0.1, 0.15) is 59.7 Å². The summed E-state index contributed by atoms with van der Waals surface area (Å²) in [5.41, 5.74) is 5.69. The molecule has 41 heavy (non-hydrogen) atoms. The molecule has 3 N–H and O–H groups in total. The maximum atomic E-state index is 13.5. The number of hydrogen-bond acceptors (Lipinski definition) is 3. The van der Waals surface area contributed by atoms with E-state index in [-0.39, 0.29) is 18.1 Å². The average molecular weight is 562 g/mol. The molecule has 214 valence electrons. The number of alkyl halides is 2. The van der Waals surface area contributed by atoms with Gasteiger partial charge in [0.25, 0.3) is 5.91 Å². The number of benzene rings is 3. The molecule has 1 aliphatic rings. The van der Waals surface area contributed by atoms with Gasteiger partial charge in [-0.2, -0.15) is 8.78 Å². The number of halogens is 2. The first kappa shape index (κ1) is 29.5. The Morgan fingerprint density at radius 1 is 0.951 bits per heavy atom. The summed E-state index contributed by atoms with van der Waals surface area (Å²) in [4.78, 5) is 38.0. The van der Waals surface area contributed by atoms with Crippen molar-refractivity contribution in [2.45, 2.75) is 51.5 Å². The molecule has 9 heteroatoms. The Bertz CT molecular complexity index is 1420. The summed E-state index contributed by atoms with van der Waals surface area (Å²) >= 11 is 0. The molecule has 0 radical (unpaired) electrons. The molecule has 0 spiro atoms. The molecule has 0 saturated heterocycles. The van der Waals surface area contributed by atoms with Gasteiger partial charge >= 0.3 is 17.9 Å². The second-order valence-electron chi connectivity index (χ2n) is 9.98. The SMILES string of the molecule is CCc1cccc(NC(=O)N(Cc2ccc(C(=O)NCC(F)(F)C(=O)O)cc2)c2ccc(C3=CCCCC3)cc2)c1. The molecule has 3 aromatic carbocycles. The van der Waals surface area contributed by atoms with Crippen LogP contribution >= 0.6 is 0 Å². The number of nitrogens with zero attached hydrogens (tertiary/aromatic N) is 1. The highest BCUT2D eigenvalue weighted by Gasteiger charge is 2.39. The molecule has 0 fully saturated rings. The van der Waals surface area contributed by atoms with Crippen LogP contribution in [0.4, 0.5) is 25.0 Å². The molecule has 0 heterocycles. The summed E-state index contributed by atoms with van der Waals surface area (Å²) in [6.07, 6.45) is 7.56. The van der Waals surface area contributed by atoms with Gasteiger partial charge in [0.1, 0.15) is 0 Å². The minimum absolute atomic E-state index is 0.0902. The van der Waals surface area contributed by atoms with Crippen LogP contribution in [0.25, 0.3) is 5.57 Å². The quantitative estimate of drug-likeness (QED) is 0.251. The Morgan fingerprint density at radius 2 is 1.68 bits per heavy atom.